The molecule has 8 heteroatoms. The largest absolute Gasteiger partial charge is 0.477 e. The van der Waals surface area contributed by atoms with E-state index in [4.69, 9.17) is 14.2 Å². The van der Waals surface area contributed by atoms with Crippen LogP contribution in [0.3, 0.4) is 0 Å². The highest BCUT2D eigenvalue weighted by Gasteiger charge is 2.31. The van der Waals surface area contributed by atoms with Gasteiger partial charge in [0.2, 0.25) is 0 Å². The number of esters is 2. The van der Waals surface area contributed by atoms with E-state index < -0.39 is 18.1 Å². The second-order valence-electron chi connectivity index (χ2n) is 13.4. The van der Waals surface area contributed by atoms with Crippen molar-refractivity contribution in [1.29, 1.82) is 0 Å². The molecule has 0 aliphatic carbocycles. The van der Waals surface area contributed by atoms with Crippen LogP contribution in [0.15, 0.2) is 48.6 Å². The number of carboxylic acids is 1. The maximum Gasteiger partial charge on any atom is 0.362 e. The molecule has 0 aliphatic heterocycles. The molecular formula is C40H70NO7+. The number of hydrogen-bond donors (Lipinski definition) is 1. The fraction of sp³-hybridized carbons (Fsp3) is 0.725. The van der Waals surface area contributed by atoms with Crippen LogP contribution in [-0.4, -0.2) is 80.6 Å². The molecule has 0 amide bonds. The molecule has 1 N–H and O–H groups in total. The molecular weight excluding hydrogens is 606 g/mol. The molecule has 0 aromatic carbocycles. The van der Waals surface area contributed by atoms with Gasteiger partial charge in [-0.1, -0.05) is 94.6 Å². The van der Waals surface area contributed by atoms with Gasteiger partial charge in [-0.3, -0.25) is 9.59 Å². The third kappa shape index (κ3) is 29.4. The van der Waals surface area contributed by atoms with Crippen LogP contribution in [0.5, 0.6) is 0 Å². The van der Waals surface area contributed by atoms with Crippen LogP contribution in [0.4, 0.5) is 0 Å². The van der Waals surface area contributed by atoms with Gasteiger partial charge in [0, 0.05) is 19.3 Å². The summed E-state index contributed by atoms with van der Waals surface area (Å²) in [5, 5.41) is 9.57. The van der Waals surface area contributed by atoms with Crippen molar-refractivity contribution >= 4 is 17.9 Å². The molecule has 0 aromatic rings. The summed E-state index contributed by atoms with van der Waals surface area (Å²) in [4.78, 5) is 36.7. The summed E-state index contributed by atoms with van der Waals surface area (Å²) in [6, 6.07) is -0.621. The third-order valence-electron chi connectivity index (χ3n) is 7.96. The van der Waals surface area contributed by atoms with Gasteiger partial charge in [0.1, 0.15) is 6.61 Å². The first-order valence-corrected chi connectivity index (χ1v) is 18.7. The molecule has 276 valence electrons. The Morgan fingerprint density at radius 3 is 1.79 bits per heavy atom. The standard InChI is InChI=1S/C40H69NO7/c1-6-8-10-12-14-16-18-20-22-24-26-28-30-38(42)47-35-36(34-46-33-32-37(40(44)45)41(3,4)5)48-39(43)31-29-27-25-23-21-19-17-15-13-11-9-7-2/h9,11,14-17,21,23,36-37H,6-8,10,12-13,18-20,22,24-35H2,1-5H3/p+1/b11-9+,16-14+,17-15+,23-21+. The van der Waals surface area contributed by atoms with Crippen LogP contribution in [0.1, 0.15) is 136 Å². The van der Waals surface area contributed by atoms with Crippen LogP contribution in [-0.2, 0) is 28.6 Å². The zero-order valence-electron chi connectivity index (χ0n) is 31.2. The normalized spacial score (nSPS) is 13.6. The first-order valence-electron chi connectivity index (χ1n) is 18.7. The molecule has 0 radical (unpaired) electrons. The quantitative estimate of drug-likeness (QED) is 0.0328. The molecule has 48 heavy (non-hydrogen) atoms. The molecule has 0 fully saturated rings. The SMILES string of the molecule is CC/C=C/C/C=C/C/C=C/CCCCC(=O)OC(COCCC(C(=O)O)[N+](C)(C)C)COC(=O)CCCCCCC/C=C/CCCCC. The van der Waals surface area contributed by atoms with Crippen molar-refractivity contribution in [2.75, 3.05) is 41.0 Å². The lowest BCUT2D eigenvalue weighted by molar-refractivity contribution is -0.887. The molecule has 0 rings (SSSR count). The molecule has 2 unspecified atom stereocenters. The van der Waals surface area contributed by atoms with E-state index in [0.29, 0.717) is 19.3 Å². The van der Waals surface area contributed by atoms with Crippen LogP contribution in [0, 0.1) is 0 Å². The van der Waals surface area contributed by atoms with Gasteiger partial charge in [0.15, 0.2) is 12.1 Å². The Morgan fingerprint density at radius 1 is 0.646 bits per heavy atom. The van der Waals surface area contributed by atoms with Gasteiger partial charge in [-0.05, 0) is 70.6 Å². The predicted octanol–water partition coefficient (Wildman–Crippen LogP) is 9.29. The number of hydrogen-bond acceptors (Lipinski definition) is 6. The van der Waals surface area contributed by atoms with Crippen molar-refractivity contribution in [3.8, 4) is 0 Å². The van der Waals surface area contributed by atoms with Crippen molar-refractivity contribution in [2.24, 2.45) is 0 Å². The maximum absolute atomic E-state index is 12.6. The fourth-order valence-electron chi connectivity index (χ4n) is 5.04. The van der Waals surface area contributed by atoms with Gasteiger partial charge in [-0.2, -0.15) is 0 Å². The van der Waals surface area contributed by atoms with E-state index in [0.717, 1.165) is 64.2 Å². The van der Waals surface area contributed by atoms with E-state index in [-0.39, 0.29) is 42.7 Å². The number of carbonyl (C=O) groups excluding carboxylic acids is 2. The average molecular weight is 677 g/mol. The molecule has 8 nitrogen and oxygen atoms in total. The number of aliphatic carboxylic acids is 1. The van der Waals surface area contributed by atoms with Gasteiger partial charge in [0.25, 0.3) is 0 Å². The summed E-state index contributed by atoms with van der Waals surface area (Å²) in [6.07, 6.45) is 34.4. The van der Waals surface area contributed by atoms with Crippen molar-refractivity contribution in [3.63, 3.8) is 0 Å². The zero-order chi connectivity index (χ0) is 35.7. The first-order chi connectivity index (χ1) is 23.1. The second kappa shape index (κ2) is 31.6. The van der Waals surface area contributed by atoms with E-state index in [1.165, 1.54) is 32.1 Å². The van der Waals surface area contributed by atoms with Crippen molar-refractivity contribution in [3.05, 3.63) is 48.6 Å². The number of rotatable bonds is 32. The van der Waals surface area contributed by atoms with E-state index in [1.54, 1.807) is 0 Å². The lowest BCUT2D eigenvalue weighted by Gasteiger charge is -2.31. The highest BCUT2D eigenvalue weighted by atomic mass is 16.6. The molecule has 0 spiro atoms. The minimum absolute atomic E-state index is 0.0417. The molecule has 0 saturated heterocycles. The predicted molar refractivity (Wildman–Crippen MR) is 197 cm³/mol. The summed E-state index contributed by atoms with van der Waals surface area (Å²) in [5.74, 6) is -1.54. The number of quaternary nitrogens is 1. The molecule has 0 saturated carbocycles. The van der Waals surface area contributed by atoms with E-state index >= 15 is 0 Å². The van der Waals surface area contributed by atoms with Crippen LogP contribution >= 0.6 is 0 Å². The summed E-state index contributed by atoms with van der Waals surface area (Å²) in [6.45, 7) is 4.51. The summed E-state index contributed by atoms with van der Waals surface area (Å²) < 4.78 is 17.1. The Morgan fingerprint density at radius 2 is 1.17 bits per heavy atom. The average Bonchev–Trinajstić information content (AvgIpc) is 3.03. The van der Waals surface area contributed by atoms with E-state index in [2.05, 4.69) is 62.5 Å². The zero-order valence-corrected chi connectivity index (χ0v) is 31.2. The van der Waals surface area contributed by atoms with E-state index in [1.807, 2.05) is 21.1 Å². The monoisotopic (exact) mass is 677 g/mol. The third-order valence-corrected chi connectivity index (χ3v) is 7.96. The molecule has 0 heterocycles. The van der Waals surface area contributed by atoms with Crippen molar-refractivity contribution < 1.29 is 38.2 Å². The summed E-state index contributed by atoms with van der Waals surface area (Å²) in [5.41, 5.74) is 0. The Kier molecular flexibility index (Phi) is 29.8. The van der Waals surface area contributed by atoms with Gasteiger partial charge in [-0.15, -0.1) is 0 Å². The molecule has 0 aliphatic rings. The molecule has 0 bridgehead atoms. The van der Waals surface area contributed by atoms with Gasteiger partial charge in [-0.25, -0.2) is 4.79 Å². The van der Waals surface area contributed by atoms with Crippen molar-refractivity contribution in [2.45, 2.75) is 148 Å². The molecule has 2 atom stereocenters. The number of carboxylic acid groups (broad SMARTS) is 1. The number of nitrogens with zero attached hydrogens (tertiary/aromatic N) is 1. The Balaban J connectivity index is 4.52. The minimum Gasteiger partial charge on any atom is -0.477 e. The highest BCUT2D eigenvalue weighted by molar-refractivity contribution is 5.72. The van der Waals surface area contributed by atoms with Crippen LogP contribution in [0.2, 0.25) is 0 Å². The fourth-order valence-corrected chi connectivity index (χ4v) is 5.04. The van der Waals surface area contributed by atoms with Crippen LogP contribution in [0.25, 0.3) is 0 Å². The second-order valence-corrected chi connectivity index (χ2v) is 13.4. The smallest absolute Gasteiger partial charge is 0.362 e. The Labute approximate surface area is 293 Å². The Bertz CT molecular complexity index is 932. The van der Waals surface area contributed by atoms with Gasteiger partial charge >= 0.3 is 17.9 Å². The van der Waals surface area contributed by atoms with E-state index in [9.17, 15) is 19.5 Å². The highest BCUT2D eigenvalue weighted by Crippen LogP contribution is 2.12. The first kappa shape index (κ1) is 45.3. The Hall–Kier alpha value is -2.71. The number of unbranched alkanes of at least 4 members (excludes halogenated alkanes) is 10. The number of carbonyl (C=O) groups is 3. The lowest BCUT2D eigenvalue weighted by atomic mass is 10.1. The van der Waals surface area contributed by atoms with Crippen LogP contribution < -0.4 is 0 Å². The summed E-state index contributed by atoms with van der Waals surface area (Å²) in [7, 11) is 5.49. The van der Waals surface area contributed by atoms with Crippen molar-refractivity contribution in [1.82, 2.24) is 0 Å². The summed E-state index contributed by atoms with van der Waals surface area (Å²) >= 11 is 0. The number of ether oxygens (including phenoxy) is 3. The minimum atomic E-state index is -0.885. The number of likely N-dealkylation sites (N-methyl/N-ethyl adjacent to an activating group) is 1. The molecule has 0 aromatic heterocycles. The lowest BCUT2D eigenvalue weighted by Crippen LogP contribution is -2.50. The number of allylic oxidation sites excluding steroid dienone is 8. The van der Waals surface area contributed by atoms with Gasteiger partial charge in [0.05, 0.1) is 34.4 Å². The van der Waals surface area contributed by atoms with Gasteiger partial charge < -0.3 is 23.8 Å². The maximum atomic E-state index is 12.6. The topological polar surface area (TPSA) is 99.1 Å².